The van der Waals surface area contributed by atoms with E-state index in [0.29, 0.717) is 17.0 Å². The average molecular weight is 386 g/mol. The number of halogens is 1. The zero-order valence-electron chi connectivity index (χ0n) is 13.3. The molecule has 0 saturated heterocycles. The summed E-state index contributed by atoms with van der Waals surface area (Å²) in [5.41, 5.74) is 5.57. The molecule has 0 saturated carbocycles. The van der Waals surface area contributed by atoms with Gasteiger partial charge in [-0.1, -0.05) is 34.1 Å². The lowest BCUT2D eigenvalue weighted by atomic mass is 10.2. The second-order valence-corrected chi connectivity index (χ2v) is 6.17. The molecule has 0 aliphatic heterocycles. The second kappa shape index (κ2) is 6.88. The SMILES string of the molecule is COc1ccc(Br)cc1C(=O)N/N=C(\C)c1cc2ccccc2[nH]1. The number of rotatable bonds is 4. The lowest BCUT2D eigenvalue weighted by molar-refractivity contribution is 0.0951. The number of aromatic amines is 1. The zero-order chi connectivity index (χ0) is 17.1. The van der Waals surface area contributed by atoms with Crippen molar-refractivity contribution in [2.75, 3.05) is 7.11 Å². The summed E-state index contributed by atoms with van der Waals surface area (Å²) in [6.45, 7) is 1.84. The lowest BCUT2D eigenvalue weighted by Gasteiger charge is -2.07. The van der Waals surface area contributed by atoms with Crippen molar-refractivity contribution in [3.8, 4) is 5.75 Å². The van der Waals surface area contributed by atoms with E-state index in [-0.39, 0.29) is 5.91 Å². The van der Waals surface area contributed by atoms with Crippen molar-refractivity contribution < 1.29 is 9.53 Å². The van der Waals surface area contributed by atoms with Gasteiger partial charge in [0.2, 0.25) is 0 Å². The van der Waals surface area contributed by atoms with E-state index in [1.165, 1.54) is 7.11 Å². The maximum Gasteiger partial charge on any atom is 0.275 e. The average Bonchev–Trinajstić information content (AvgIpc) is 3.03. The molecule has 0 atom stereocenters. The van der Waals surface area contributed by atoms with Gasteiger partial charge in [0.1, 0.15) is 5.75 Å². The minimum atomic E-state index is -0.330. The first-order valence-electron chi connectivity index (χ1n) is 7.35. The number of nitrogens with one attached hydrogen (secondary N) is 2. The van der Waals surface area contributed by atoms with Crippen LogP contribution in [0.4, 0.5) is 0 Å². The maximum atomic E-state index is 12.4. The molecule has 122 valence electrons. The van der Waals surface area contributed by atoms with Gasteiger partial charge in [-0.2, -0.15) is 5.10 Å². The second-order valence-electron chi connectivity index (χ2n) is 5.25. The number of aromatic nitrogens is 1. The van der Waals surface area contributed by atoms with Crippen LogP contribution in [0.15, 0.2) is 58.1 Å². The first-order chi connectivity index (χ1) is 11.6. The third kappa shape index (κ3) is 3.33. The Morgan fingerprint density at radius 1 is 1.21 bits per heavy atom. The molecule has 0 fully saturated rings. The highest BCUT2D eigenvalue weighted by atomic mass is 79.9. The van der Waals surface area contributed by atoms with Gasteiger partial charge in [0.25, 0.3) is 5.91 Å². The van der Waals surface area contributed by atoms with Crippen molar-refractivity contribution in [2.45, 2.75) is 6.92 Å². The van der Waals surface area contributed by atoms with Crippen molar-refractivity contribution in [1.29, 1.82) is 0 Å². The maximum absolute atomic E-state index is 12.4. The Balaban J connectivity index is 1.82. The Kier molecular flexibility index (Phi) is 4.66. The third-order valence-corrected chi connectivity index (χ3v) is 4.14. The number of nitrogens with zero attached hydrogens (tertiary/aromatic N) is 1. The molecule has 2 aromatic carbocycles. The van der Waals surface area contributed by atoms with Crippen LogP contribution < -0.4 is 10.2 Å². The highest BCUT2D eigenvalue weighted by molar-refractivity contribution is 9.10. The number of fused-ring (bicyclic) bond motifs is 1. The molecule has 6 heteroatoms. The van der Waals surface area contributed by atoms with E-state index in [2.05, 4.69) is 31.4 Å². The number of hydrogen-bond acceptors (Lipinski definition) is 3. The summed E-state index contributed by atoms with van der Waals surface area (Å²) >= 11 is 3.35. The van der Waals surface area contributed by atoms with Crippen LogP contribution in [0, 0.1) is 0 Å². The zero-order valence-corrected chi connectivity index (χ0v) is 14.8. The Labute approximate surface area is 147 Å². The number of carbonyl (C=O) groups excluding carboxylic acids is 1. The summed E-state index contributed by atoms with van der Waals surface area (Å²) in [7, 11) is 1.53. The van der Waals surface area contributed by atoms with Crippen molar-refractivity contribution in [2.24, 2.45) is 5.10 Å². The number of carbonyl (C=O) groups is 1. The molecule has 3 rings (SSSR count). The molecule has 1 aromatic heterocycles. The molecule has 0 bridgehead atoms. The molecular formula is C18H16BrN3O2. The van der Waals surface area contributed by atoms with Gasteiger partial charge in [-0.25, -0.2) is 5.43 Å². The van der Waals surface area contributed by atoms with Crippen LogP contribution in [0.5, 0.6) is 5.75 Å². The molecule has 1 amide bonds. The first kappa shape index (κ1) is 16.3. The van der Waals surface area contributed by atoms with Crippen LogP contribution in [-0.2, 0) is 0 Å². The van der Waals surface area contributed by atoms with E-state index in [4.69, 9.17) is 4.74 Å². The summed E-state index contributed by atoms with van der Waals surface area (Å²) in [5, 5.41) is 5.29. The molecule has 0 aliphatic carbocycles. The Hall–Kier alpha value is -2.60. The molecule has 24 heavy (non-hydrogen) atoms. The van der Waals surface area contributed by atoms with Crippen LogP contribution in [0.3, 0.4) is 0 Å². The number of hydrogen-bond donors (Lipinski definition) is 2. The van der Waals surface area contributed by atoms with Gasteiger partial charge in [-0.15, -0.1) is 0 Å². The van der Waals surface area contributed by atoms with E-state index in [9.17, 15) is 4.79 Å². The highest BCUT2D eigenvalue weighted by Gasteiger charge is 2.12. The summed E-state index contributed by atoms with van der Waals surface area (Å²) < 4.78 is 6.01. The standard InChI is InChI=1S/C18H16BrN3O2/c1-11(16-9-12-5-3-4-6-15(12)20-16)21-22-18(23)14-10-13(19)7-8-17(14)24-2/h3-10,20H,1-2H3,(H,22,23)/b21-11+. The highest BCUT2D eigenvalue weighted by Crippen LogP contribution is 2.23. The number of para-hydroxylation sites is 1. The molecule has 0 unspecified atom stereocenters. The Morgan fingerprint density at radius 2 is 2.00 bits per heavy atom. The fourth-order valence-corrected chi connectivity index (χ4v) is 2.74. The number of methoxy groups -OCH3 is 1. The van der Waals surface area contributed by atoms with Gasteiger partial charge in [-0.05, 0) is 37.3 Å². The van der Waals surface area contributed by atoms with Crippen LogP contribution in [0.1, 0.15) is 23.0 Å². The van der Waals surface area contributed by atoms with Gasteiger partial charge in [0.05, 0.1) is 24.1 Å². The van der Waals surface area contributed by atoms with Crippen molar-refractivity contribution in [3.05, 3.63) is 64.3 Å². The van der Waals surface area contributed by atoms with Gasteiger partial charge < -0.3 is 9.72 Å². The number of ether oxygens (including phenoxy) is 1. The third-order valence-electron chi connectivity index (χ3n) is 3.65. The summed E-state index contributed by atoms with van der Waals surface area (Å²) in [6.07, 6.45) is 0. The first-order valence-corrected chi connectivity index (χ1v) is 8.14. The fraction of sp³-hybridized carbons (Fsp3) is 0.111. The molecule has 0 aliphatic rings. The number of hydrazone groups is 1. The van der Waals surface area contributed by atoms with E-state index in [1.54, 1.807) is 12.1 Å². The van der Waals surface area contributed by atoms with Crippen LogP contribution >= 0.6 is 15.9 Å². The topological polar surface area (TPSA) is 66.5 Å². The molecule has 1 heterocycles. The smallest absolute Gasteiger partial charge is 0.275 e. The van der Waals surface area contributed by atoms with Gasteiger partial charge in [0, 0.05) is 15.4 Å². The molecule has 0 radical (unpaired) electrons. The summed E-state index contributed by atoms with van der Waals surface area (Å²) in [4.78, 5) is 15.6. The normalized spacial score (nSPS) is 11.5. The van der Waals surface area contributed by atoms with E-state index in [0.717, 1.165) is 21.1 Å². The van der Waals surface area contributed by atoms with Crippen LogP contribution in [0.2, 0.25) is 0 Å². The van der Waals surface area contributed by atoms with Crippen molar-refractivity contribution in [3.63, 3.8) is 0 Å². The van der Waals surface area contributed by atoms with E-state index in [1.807, 2.05) is 43.3 Å². The number of H-pyrrole nitrogens is 1. The number of benzene rings is 2. The lowest BCUT2D eigenvalue weighted by Crippen LogP contribution is -2.20. The predicted molar refractivity (Wildman–Crippen MR) is 98.7 cm³/mol. The molecular weight excluding hydrogens is 370 g/mol. The molecule has 3 aromatic rings. The fourth-order valence-electron chi connectivity index (χ4n) is 2.38. The van der Waals surface area contributed by atoms with Crippen molar-refractivity contribution >= 4 is 38.5 Å². The monoisotopic (exact) mass is 385 g/mol. The molecule has 0 spiro atoms. The van der Waals surface area contributed by atoms with E-state index >= 15 is 0 Å². The minimum absolute atomic E-state index is 0.330. The minimum Gasteiger partial charge on any atom is -0.496 e. The largest absolute Gasteiger partial charge is 0.496 e. The van der Waals surface area contributed by atoms with E-state index < -0.39 is 0 Å². The van der Waals surface area contributed by atoms with Crippen molar-refractivity contribution in [1.82, 2.24) is 10.4 Å². The molecule has 5 nitrogen and oxygen atoms in total. The van der Waals surface area contributed by atoms with Crippen LogP contribution in [-0.4, -0.2) is 23.7 Å². The summed E-state index contributed by atoms with van der Waals surface area (Å²) in [5.74, 6) is 0.165. The van der Waals surface area contributed by atoms with Crippen LogP contribution in [0.25, 0.3) is 10.9 Å². The molecule has 2 N–H and O–H groups in total. The number of amides is 1. The Bertz CT molecular complexity index is 898. The summed E-state index contributed by atoms with van der Waals surface area (Å²) in [6, 6.07) is 15.2. The Morgan fingerprint density at radius 3 is 2.75 bits per heavy atom. The predicted octanol–water partition coefficient (Wildman–Crippen LogP) is 4.09. The quantitative estimate of drug-likeness (QED) is 0.524. The van der Waals surface area contributed by atoms with Gasteiger partial charge in [0.15, 0.2) is 0 Å². The van der Waals surface area contributed by atoms with Gasteiger partial charge in [-0.3, -0.25) is 4.79 Å². The van der Waals surface area contributed by atoms with Gasteiger partial charge >= 0.3 is 0 Å².